The topological polar surface area (TPSA) is 132 Å². The van der Waals surface area contributed by atoms with Gasteiger partial charge in [0.15, 0.2) is 5.78 Å². The number of carboxylic acid groups (broad SMARTS) is 1. The average Bonchev–Trinajstić information content (AvgIpc) is 3.39. The van der Waals surface area contributed by atoms with Gasteiger partial charge >= 0.3 is 5.97 Å². The van der Waals surface area contributed by atoms with Crippen molar-refractivity contribution in [3.05, 3.63) is 71.9 Å². The molecule has 44 heavy (non-hydrogen) atoms. The minimum absolute atomic E-state index is 0.0840. The number of ketones is 1. The molecule has 1 fully saturated rings. The molecule has 0 bridgehead atoms. The molecule has 236 valence electrons. The van der Waals surface area contributed by atoms with Crippen LogP contribution < -0.4 is 10.6 Å². The zero-order valence-corrected chi connectivity index (χ0v) is 26.2. The maximum absolute atomic E-state index is 14.2. The van der Waals surface area contributed by atoms with Crippen LogP contribution in [0.2, 0.25) is 0 Å². The molecule has 4 N–H and O–H groups in total. The molecule has 3 aromatic rings. The number of benzene rings is 2. The maximum Gasteiger partial charge on any atom is 0.306 e. The number of aliphatic carboxylic acids is 1. The molecule has 1 aliphatic heterocycles. The van der Waals surface area contributed by atoms with E-state index >= 15 is 0 Å². The van der Waals surface area contributed by atoms with E-state index in [1.54, 1.807) is 4.90 Å². The number of H-pyrrole nitrogens is 1. The SMILES string of the molecule is CC(C)C[C@H](CC(=O)[C@H](CC(C)C)NC(=O)[C@H](Cc1c[nH]c2ccccc12)N1CCN[C@@H](Cc2ccccc2)C1=O)C(=O)O. The van der Waals surface area contributed by atoms with E-state index in [-0.39, 0.29) is 36.4 Å². The number of Topliss-reactive ketones (excluding diaryl/α,β-unsaturated/α-hetero) is 1. The van der Waals surface area contributed by atoms with E-state index in [1.807, 2.05) is 88.5 Å². The Bertz CT molecular complexity index is 1430. The van der Waals surface area contributed by atoms with Crippen LogP contribution in [0.3, 0.4) is 0 Å². The van der Waals surface area contributed by atoms with Gasteiger partial charge < -0.3 is 25.6 Å². The zero-order valence-electron chi connectivity index (χ0n) is 26.2. The van der Waals surface area contributed by atoms with Crippen molar-refractivity contribution >= 4 is 34.5 Å². The minimum atomic E-state index is -1.00. The van der Waals surface area contributed by atoms with Gasteiger partial charge in [0.25, 0.3) is 0 Å². The van der Waals surface area contributed by atoms with Crippen molar-refractivity contribution in [1.29, 1.82) is 0 Å². The van der Waals surface area contributed by atoms with Gasteiger partial charge in [0.1, 0.15) is 6.04 Å². The molecule has 0 saturated carbocycles. The van der Waals surface area contributed by atoms with Gasteiger partial charge in [0.2, 0.25) is 11.8 Å². The Kier molecular flexibility index (Phi) is 11.3. The number of nitrogens with zero attached hydrogens (tertiary/aromatic N) is 1. The van der Waals surface area contributed by atoms with E-state index in [4.69, 9.17) is 0 Å². The normalized spacial score (nSPS) is 17.5. The van der Waals surface area contributed by atoms with E-state index < -0.39 is 35.9 Å². The Hall–Kier alpha value is -3.98. The van der Waals surface area contributed by atoms with Gasteiger partial charge in [-0.15, -0.1) is 0 Å². The fraction of sp³-hybridized carbons (Fsp3) is 0.486. The number of amides is 2. The molecule has 2 amide bonds. The highest BCUT2D eigenvalue weighted by Crippen LogP contribution is 2.24. The summed E-state index contributed by atoms with van der Waals surface area (Å²) in [4.78, 5) is 58.5. The monoisotopic (exact) mass is 602 g/mol. The van der Waals surface area contributed by atoms with E-state index in [2.05, 4.69) is 15.6 Å². The van der Waals surface area contributed by atoms with Gasteiger partial charge in [-0.3, -0.25) is 19.2 Å². The van der Waals surface area contributed by atoms with Crippen molar-refractivity contribution < 1.29 is 24.3 Å². The Labute approximate surface area is 259 Å². The molecule has 1 saturated heterocycles. The number of carboxylic acids is 1. The quantitative estimate of drug-likeness (QED) is 0.205. The summed E-state index contributed by atoms with van der Waals surface area (Å²) >= 11 is 0. The number of aromatic nitrogens is 1. The Morgan fingerprint density at radius 1 is 0.977 bits per heavy atom. The predicted octanol–water partition coefficient (Wildman–Crippen LogP) is 4.36. The molecule has 2 heterocycles. The summed E-state index contributed by atoms with van der Waals surface area (Å²) in [7, 11) is 0. The van der Waals surface area contributed by atoms with Crippen LogP contribution in [0.1, 0.15) is 58.1 Å². The molecule has 9 nitrogen and oxygen atoms in total. The molecule has 4 atom stereocenters. The first-order chi connectivity index (χ1) is 21.0. The van der Waals surface area contributed by atoms with Crippen molar-refractivity contribution in [3.63, 3.8) is 0 Å². The number of carbonyl (C=O) groups is 4. The number of aromatic amines is 1. The lowest BCUT2D eigenvalue weighted by atomic mass is 9.88. The molecule has 2 aromatic carbocycles. The van der Waals surface area contributed by atoms with Crippen LogP contribution in [-0.4, -0.2) is 69.8 Å². The fourth-order valence-corrected chi connectivity index (χ4v) is 6.16. The summed E-state index contributed by atoms with van der Waals surface area (Å²) in [5.74, 6) is -2.47. The third-order valence-electron chi connectivity index (χ3n) is 8.34. The van der Waals surface area contributed by atoms with Crippen LogP contribution in [0, 0.1) is 17.8 Å². The van der Waals surface area contributed by atoms with Crippen molar-refractivity contribution in [1.82, 2.24) is 20.5 Å². The number of rotatable bonds is 15. The maximum atomic E-state index is 14.2. The highest BCUT2D eigenvalue weighted by atomic mass is 16.4. The zero-order chi connectivity index (χ0) is 31.8. The standard InChI is InChI=1S/C35H46N4O5/c1-22(2)16-25(35(43)44)20-32(40)29(17-23(3)4)38-33(41)31(19-26-21-37-28-13-9-8-12-27(26)28)39-15-14-36-30(34(39)42)18-24-10-6-5-7-11-24/h5-13,21-23,25,29-31,36-37H,14-20H2,1-4H3,(H,38,41)(H,43,44)/t25-,29+,30+,31+/m1/s1. The molecule has 1 aliphatic rings. The molecule has 1 aromatic heterocycles. The smallest absolute Gasteiger partial charge is 0.306 e. The first kappa shape index (κ1) is 32.9. The second-order valence-electron chi connectivity index (χ2n) is 12.8. The first-order valence-corrected chi connectivity index (χ1v) is 15.7. The summed E-state index contributed by atoms with van der Waals surface area (Å²) in [5, 5.41) is 17.1. The predicted molar refractivity (Wildman–Crippen MR) is 171 cm³/mol. The van der Waals surface area contributed by atoms with Crippen molar-refractivity contribution in [2.45, 2.75) is 77.9 Å². The molecule has 4 rings (SSSR count). The number of fused-ring (bicyclic) bond motifs is 1. The Balaban J connectivity index is 1.61. The van der Waals surface area contributed by atoms with E-state index in [0.29, 0.717) is 32.4 Å². The van der Waals surface area contributed by atoms with E-state index in [9.17, 15) is 24.3 Å². The van der Waals surface area contributed by atoms with Crippen molar-refractivity contribution in [2.75, 3.05) is 13.1 Å². The van der Waals surface area contributed by atoms with E-state index in [1.165, 1.54) is 0 Å². The second kappa shape index (κ2) is 15.1. The summed E-state index contributed by atoms with van der Waals surface area (Å²) < 4.78 is 0. The third-order valence-corrected chi connectivity index (χ3v) is 8.34. The third kappa shape index (κ3) is 8.56. The van der Waals surface area contributed by atoms with Crippen LogP contribution in [0.25, 0.3) is 10.9 Å². The first-order valence-electron chi connectivity index (χ1n) is 15.7. The van der Waals surface area contributed by atoms with Gasteiger partial charge in [0, 0.05) is 43.0 Å². The van der Waals surface area contributed by atoms with E-state index in [0.717, 1.165) is 22.0 Å². The van der Waals surface area contributed by atoms with Crippen LogP contribution in [0.4, 0.5) is 0 Å². The fourth-order valence-electron chi connectivity index (χ4n) is 6.16. The number of carbonyl (C=O) groups excluding carboxylic acids is 3. The summed E-state index contributed by atoms with van der Waals surface area (Å²) in [6, 6.07) is 15.4. The van der Waals surface area contributed by atoms with Crippen molar-refractivity contribution in [2.24, 2.45) is 17.8 Å². The van der Waals surface area contributed by atoms with Crippen molar-refractivity contribution in [3.8, 4) is 0 Å². The molecule has 0 aliphatic carbocycles. The Morgan fingerprint density at radius 3 is 2.34 bits per heavy atom. The number of para-hydroxylation sites is 1. The molecular weight excluding hydrogens is 556 g/mol. The van der Waals surface area contributed by atoms with Gasteiger partial charge in [-0.2, -0.15) is 0 Å². The molecular formula is C35H46N4O5. The second-order valence-corrected chi connectivity index (χ2v) is 12.8. The number of piperazine rings is 1. The van der Waals surface area contributed by atoms with Gasteiger partial charge in [-0.25, -0.2) is 0 Å². The molecule has 0 radical (unpaired) electrons. The number of hydrogen-bond donors (Lipinski definition) is 4. The van der Waals surface area contributed by atoms with Crippen LogP contribution in [0.15, 0.2) is 60.8 Å². The summed E-state index contributed by atoms with van der Waals surface area (Å²) in [6.45, 7) is 8.67. The summed E-state index contributed by atoms with van der Waals surface area (Å²) in [5.41, 5.74) is 2.86. The largest absolute Gasteiger partial charge is 0.481 e. The number of nitrogens with one attached hydrogen (secondary N) is 3. The highest BCUT2D eigenvalue weighted by Gasteiger charge is 2.38. The minimum Gasteiger partial charge on any atom is -0.481 e. The molecule has 0 spiro atoms. The van der Waals surface area contributed by atoms with Gasteiger partial charge in [0.05, 0.1) is 18.0 Å². The van der Waals surface area contributed by atoms with Crippen LogP contribution in [0.5, 0.6) is 0 Å². The Morgan fingerprint density at radius 2 is 1.66 bits per heavy atom. The van der Waals surface area contributed by atoms with Crippen LogP contribution >= 0.6 is 0 Å². The number of hydrogen-bond acceptors (Lipinski definition) is 5. The lowest BCUT2D eigenvalue weighted by Gasteiger charge is -2.38. The highest BCUT2D eigenvalue weighted by molar-refractivity contribution is 5.95. The summed E-state index contributed by atoms with van der Waals surface area (Å²) in [6.07, 6.45) is 3.25. The molecule has 0 unspecified atom stereocenters. The lowest BCUT2D eigenvalue weighted by Crippen LogP contribution is -2.63. The van der Waals surface area contributed by atoms with Gasteiger partial charge in [-0.05, 0) is 48.3 Å². The van der Waals surface area contributed by atoms with Crippen LogP contribution in [-0.2, 0) is 32.0 Å². The van der Waals surface area contributed by atoms with Gasteiger partial charge in [-0.1, -0.05) is 76.2 Å². The average molecular weight is 603 g/mol. The molecule has 9 heteroatoms. The lowest BCUT2D eigenvalue weighted by molar-refractivity contribution is -0.146.